The monoisotopic (exact) mass is 378 g/mol. The van der Waals surface area contributed by atoms with Gasteiger partial charge in [-0.2, -0.15) is 0 Å². The van der Waals surface area contributed by atoms with E-state index in [0.29, 0.717) is 5.13 Å². The summed E-state index contributed by atoms with van der Waals surface area (Å²) in [6.45, 7) is 3.97. The first-order chi connectivity index (χ1) is 11.8. The van der Waals surface area contributed by atoms with Crippen molar-refractivity contribution in [3.8, 4) is 11.3 Å². The molecule has 0 aliphatic rings. The molecule has 1 N–H and O–H groups in total. The summed E-state index contributed by atoms with van der Waals surface area (Å²) < 4.78 is 26.4. The minimum absolute atomic E-state index is 0.149. The standard InChI is InChI=1S/C18H13ClF2N2OS/c1-9-3-4-10(2)11(5-9)16-8-25-18(22-16)23-17(24)12-6-14(20)15(21)7-13(12)19/h3-8H,1-2H3,(H,22,23,24). The zero-order chi connectivity index (χ0) is 18.1. The molecule has 3 rings (SSSR count). The number of hydrogen-bond donors (Lipinski definition) is 1. The SMILES string of the molecule is Cc1ccc(C)c(-c2csc(NC(=O)c3cc(F)c(F)cc3Cl)n2)c1. The van der Waals surface area contributed by atoms with Gasteiger partial charge < -0.3 is 0 Å². The molecule has 25 heavy (non-hydrogen) atoms. The molecule has 7 heteroatoms. The Labute approximate surface area is 152 Å². The van der Waals surface area contributed by atoms with E-state index in [4.69, 9.17) is 11.6 Å². The number of thiazole rings is 1. The molecule has 0 saturated carbocycles. The number of halogens is 3. The third-order valence-electron chi connectivity index (χ3n) is 3.65. The van der Waals surface area contributed by atoms with E-state index in [2.05, 4.69) is 10.3 Å². The smallest absolute Gasteiger partial charge is 0.259 e. The number of rotatable bonds is 3. The molecule has 0 radical (unpaired) electrons. The summed E-state index contributed by atoms with van der Waals surface area (Å²) in [5, 5.41) is 4.57. The van der Waals surface area contributed by atoms with Crippen LogP contribution in [0.2, 0.25) is 5.02 Å². The fourth-order valence-electron chi connectivity index (χ4n) is 2.33. The number of nitrogens with zero attached hydrogens (tertiary/aromatic N) is 1. The molecule has 3 nitrogen and oxygen atoms in total. The van der Waals surface area contributed by atoms with Crippen LogP contribution in [0.1, 0.15) is 21.5 Å². The van der Waals surface area contributed by atoms with Crippen molar-refractivity contribution in [2.45, 2.75) is 13.8 Å². The van der Waals surface area contributed by atoms with E-state index in [0.717, 1.165) is 34.5 Å². The Morgan fingerprint density at radius 3 is 2.64 bits per heavy atom. The molecule has 128 valence electrons. The van der Waals surface area contributed by atoms with Crippen LogP contribution in [0.15, 0.2) is 35.7 Å². The van der Waals surface area contributed by atoms with E-state index in [-0.39, 0.29) is 10.6 Å². The molecule has 2 aromatic carbocycles. The number of anilines is 1. The van der Waals surface area contributed by atoms with Crippen LogP contribution in [0.25, 0.3) is 11.3 Å². The van der Waals surface area contributed by atoms with Gasteiger partial charge in [-0.1, -0.05) is 29.3 Å². The predicted molar refractivity (Wildman–Crippen MR) is 96.3 cm³/mol. The molecule has 1 amide bonds. The van der Waals surface area contributed by atoms with Crippen molar-refractivity contribution in [2.24, 2.45) is 0 Å². The fraction of sp³-hybridized carbons (Fsp3) is 0.111. The van der Waals surface area contributed by atoms with Crippen molar-refractivity contribution in [3.05, 3.63) is 69.1 Å². The first-order valence-corrected chi connectivity index (χ1v) is 8.60. The molecule has 0 saturated heterocycles. The number of hydrogen-bond acceptors (Lipinski definition) is 3. The van der Waals surface area contributed by atoms with Crippen molar-refractivity contribution in [2.75, 3.05) is 5.32 Å². The number of carbonyl (C=O) groups excluding carboxylic acids is 1. The van der Waals surface area contributed by atoms with Gasteiger partial charge in [-0.15, -0.1) is 11.3 Å². The van der Waals surface area contributed by atoms with Gasteiger partial charge in [-0.25, -0.2) is 13.8 Å². The quantitative estimate of drug-likeness (QED) is 0.602. The van der Waals surface area contributed by atoms with E-state index in [1.165, 1.54) is 11.3 Å². The average Bonchev–Trinajstić information content (AvgIpc) is 3.01. The van der Waals surface area contributed by atoms with Gasteiger partial charge in [-0.3, -0.25) is 10.1 Å². The number of benzene rings is 2. The molecule has 3 aromatic rings. The molecular formula is C18H13ClF2N2OS. The Hall–Kier alpha value is -2.31. The number of aryl methyl sites for hydroxylation is 2. The average molecular weight is 379 g/mol. The van der Waals surface area contributed by atoms with Crippen LogP contribution in [0, 0.1) is 25.5 Å². The highest BCUT2D eigenvalue weighted by Gasteiger charge is 2.17. The second kappa shape index (κ2) is 6.90. The largest absolute Gasteiger partial charge is 0.298 e. The van der Waals surface area contributed by atoms with Gasteiger partial charge in [0.2, 0.25) is 0 Å². The Kier molecular flexibility index (Phi) is 4.83. The summed E-state index contributed by atoms with van der Waals surface area (Å²) in [6, 6.07) is 7.58. The van der Waals surface area contributed by atoms with Crippen LogP contribution in [0.5, 0.6) is 0 Å². The normalized spacial score (nSPS) is 10.8. The van der Waals surface area contributed by atoms with Crippen LogP contribution < -0.4 is 5.32 Å². The highest BCUT2D eigenvalue weighted by molar-refractivity contribution is 7.14. The van der Waals surface area contributed by atoms with E-state index in [1.54, 1.807) is 0 Å². The van der Waals surface area contributed by atoms with Gasteiger partial charge in [0.05, 0.1) is 16.3 Å². The first-order valence-electron chi connectivity index (χ1n) is 7.34. The first kappa shape index (κ1) is 17.5. The lowest BCUT2D eigenvalue weighted by molar-refractivity contribution is 0.102. The molecule has 0 bridgehead atoms. The minimum atomic E-state index is -1.13. The third kappa shape index (κ3) is 3.70. The molecule has 0 unspecified atom stereocenters. The maximum absolute atomic E-state index is 13.3. The summed E-state index contributed by atoms with van der Waals surface area (Å²) in [5.41, 5.74) is 3.73. The predicted octanol–water partition coefficient (Wildman–Crippen LogP) is 5.61. The molecule has 0 aliphatic carbocycles. The lowest BCUT2D eigenvalue weighted by Crippen LogP contribution is -2.13. The number of nitrogens with one attached hydrogen (secondary N) is 1. The highest BCUT2D eigenvalue weighted by atomic mass is 35.5. The van der Waals surface area contributed by atoms with Crippen LogP contribution in [0.3, 0.4) is 0 Å². The summed E-state index contributed by atoms with van der Waals surface area (Å²) in [6.07, 6.45) is 0. The topological polar surface area (TPSA) is 42.0 Å². The van der Waals surface area contributed by atoms with Gasteiger partial charge in [0.15, 0.2) is 16.8 Å². The molecule has 0 spiro atoms. The maximum Gasteiger partial charge on any atom is 0.259 e. The molecule has 0 fully saturated rings. The van der Waals surface area contributed by atoms with Crippen molar-refractivity contribution < 1.29 is 13.6 Å². The summed E-state index contributed by atoms with van der Waals surface area (Å²) in [5.74, 6) is -2.89. The summed E-state index contributed by atoms with van der Waals surface area (Å²) >= 11 is 7.06. The highest BCUT2D eigenvalue weighted by Crippen LogP contribution is 2.29. The molecular weight excluding hydrogens is 366 g/mol. The van der Waals surface area contributed by atoms with E-state index in [9.17, 15) is 13.6 Å². The lowest BCUT2D eigenvalue weighted by Gasteiger charge is -2.05. The Morgan fingerprint density at radius 1 is 1.16 bits per heavy atom. The zero-order valence-electron chi connectivity index (χ0n) is 13.4. The minimum Gasteiger partial charge on any atom is -0.298 e. The number of carbonyl (C=O) groups is 1. The third-order valence-corrected chi connectivity index (χ3v) is 4.72. The number of amides is 1. The molecule has 1 heterocycles. The van der Waals surface area contributed by atoms with Crippen molar-refractivity contribution in [3.63, 3.8) is 0 Å². The second-order valence-corrected chi connectivity index (χ2v) is 6.82. The fourth-order valence-corrected chi connectivity index (χ4v) is 3.27. The van der Waals surface area contributed by atoms with Crippen molar-refractivity contribution in [1.82, 2.24) is 4.98 Å². The van der Waals surface area contributed by atoms with E-state index in [1.807, 2.05) is 37.4 Å². The van der Waals surface area contributed by atoms with Crippen molar-refractivity contribution in [1.29, 1.82) is 0 Å². The van der Waals surface area contributed by atoms with Gasteiger partial charge in [-0.05, 0) is 37.6 Å². The van der Waals surface area contributed by atoms with E-state index >= 15 is 0 Å². The van der Waals surface area contributed by atoms with Crippen molar-refractivity contribution >= 4 is 34.0 Å². The lowest BCUT2D eigenvalue weighted by atomic mass is 10.0. The number of aromatic nitrogens is 1. The van der Waals surface area contributed by atoms with Gasteiger partial charge >= 0.3 is 0 Å². The van der Waals surface area contributed by atoms with Crippen LogP contribution in [-0.2, 0) is 0 Å². The molecule has 1 aromatic heterocycles. The summed E-state index contributed by atoms with van der Waals surface area (Å²) in [7, 11) is 0. The Morgan fingerprint density at radius 2 is 1.88 bits per heavy atom. The second-order valence-electron chi connectivity index (χ2n) is 5.56. The molecule has 0 atom stereocenters. The van der Waals surface area contributed by atoms with E-state index < -0.39 is 17.5 Å². The van der Waals surface area contributed by atoms with Gasteiger partial charge in [0, 0.05) is 10.9 Å². The molecule has 0 aliphatic heterocycles. The zero-order valence-corrected chi connectivity index (χ0v) is 14.9. The van der Waals surface area contributed by atoms with Crippen LogP contribution in [0.4, 0.5) is 13.9 Å². The van der Waals surface area contributed by atoms with Gasteiger partial charge in [0.25, 0.3) is 5.91 Å². The summed E-state index contributed by atoms with van der Waals surface area (Å²) in [4.78, 5) is 16.6. The maximum atomic E-state index is 13.3. The van der Waals surface area contributed by atoms with Gasteiger partial charge in [0.1, 0.15) is 0 Å². The Bertz CT molecular complexity index is 972. The van der Waals surface area contributed by atoms with Crippen LogP contribution in [-0.4, -0.2) is 10.9 Å². The Balaban J connectivity index is 1.85. The van der Waals surface area contributed by atoms with Crippen LogP contribution >= 0.6 is 22.9 Å².